The van der Waals surface area contributed by atoms with Crippen LogP contribution < -0.4 is 10.2 Å². The number of carbonyl (C=O) groups excluding carboxylic acids is 3. The molecule has 0 aromatic heterocycles. The van der Waals surface area contributed by atoms with Crippen LogP contribution in [0.4, 0.5) is 15.3 Å². The first-order valence-corrected chi connectivity index (χ1v) is 6.34. The zero-order valence-corrected chi connectivity index (χ0v) is 11.9. The summed E-state index contributed by atoms with van der Waals surface area (Å²) in [5, 5.41) is 2.43. The van der Waals surface area contributed by atoms with Crippen molar-refractivity contribution in [3.05, 3.63) is 30.3 Å². The van der Waals surface area contributed by atoms with Crippen molar-refractivity contribution in [3.63, 3.8) is 0 Å². The molecule has 0 aliphatic rings. The SMILES string of the molecule is CNC(=O)N(C(=O)N(CC=O)C(C)C)c1ccccc1. The summed E-state index contributed by atoms with van der Waals surface area (Å²) in [6.45, 7) is 3.51. The predicted octanol–water partition coefficient (Wildman–Crippen LogP) is 1.86. The van der Waals surface area contributed by atoms with Gasteiger partial charge in [0.1, 0.15) is 6.29 Å². The number of hydrogen-bond donors (Lipinski definition) is 1. The molecule has 0 heterocycles. The first-order chi connectivity index (χ1) is 9.52. The zero-order valence-electron chi connectivity index (χ0n) is 11.9. The molecule has 0 bridgehead atoms. The van der Waals surface area contributed by atoms with Crippen LogP contribution in [0, 0.1) is 0 Å². The van der Waals surface area contributed by atoms with E-state index < -0.39 is 12.1 Å². The van der Waals surface area contributed by atoms with Gasteiger partial charge in [-0.1, -0.05) is 18.2 Å². The second-order valence-electron chi connectivity index (χ2n) is 4.42. The van der Waals surface area contributed by atoms with Gasteiger partial charge in [-0.15, -0.1) is 0 Å². The van der Waals surface area contributed by atoms with Crippen molar-refractivity contribution in [2.45, 2.75) is 19.9 Å². The summed E-state index contributed by atoms with van der Waals surface area (Å²) in [6.07, 6.45) is 0.644. The minimum Gasteiger partial charge on any atom is -0.340 e. The number of carbonyl (C=O) groups is 3. The molecule has 0 aliphatic heterocycles. The number of urea groups is 2. The van der Waals surface area contributed by atoms with Crippen LogP contribution in [0.5, 0.6) is 0 Å². The van der Waals surface area contributed by atoms with Gasteiger partial charge in [-0.05, 0) is 26.0 Å². The summed E-state index contributed by atoms with van der Waals surface area (Å²) < 4.78 is 0. The molecule has 0 saturated carbocycles. The van der Waals surface area contributed by atoms with E-state index in [4.69, 9.17) is 0 Å². The third-order valence-corrected chi connectivity index (χ3v) is 2.76. The number of para-hydroxylation sites is 1. The average molecular weight is 277 g/mol. The molecule has 1 aromatic carbocycles. The third kappa shape index (κ3) is 3.57. The van der Waals surface area contributed by atoms with E-state index in [1.807, 2.05) is 0 Å². The highest BCUT2D eigenvalue weighted by Crippen LogP contribution is 2.16. The van der Waals surface area contributed by atoms with E-state index in [9.17, 15) is 14.4 Å². The van der Waals surface area contributed by atoms with Gasteiger partial charge in [0.15, 0.2) is 0 Å². The molecule has 0 atom stereocenters. The molecular weight excluding hydrogens is 258 g/mol. The van der Waals surface area contributed by atoms with Crippen LogP contribution in [0.3, 0.4) is 0 Å². The maximum absolute atomic E-state index is 12.5. The van der Waals surface area contributed by atoms with Crippen LogP contribution >= 0.6 is 0 Å². The van der Waals surface area contributed by atoms with Crippen LogP contribution in [0.2, 0.25) is 0 Å². The fourth-order valence-corrected chi connectivity index (χ4v) is 1.72. The van der Waals surface area contributed by atoms with E-state index in [0.717, 1.165) is 4.90 Å². The van der Waals surface area contributed by atoms with E-state index in [0.29, 0.717) is 12.0 Å². The molecule has 6 nitrogen and oxygen atoms in total. The Kier molecular flexibility index (Phi) is 5.71. The number of nitrogens with one attached hydrogen (secondary N) is 1. The van der Waals surface area contributed by atoms with Gasteiger partial charge in [0.05, 0.1) is 12.2 Å². The van der Waals surface area contributed by atoms with E-state index in [1.165, 1.54) is 11.9 Å². The van der Waals surface area contributed by atoms with Gasteiger partial charge < -0.3 is 15.0 Å². The molecular formula is C14H19N3O3. The Morgan fingerprint density at radius 3 is 2.30 bits per heavy atom. The van der Waals surface area contributed by atoms with Crippen molar-refractivity contribution in [2.75, 3.05) is 18.5 Å². The van der Waals surface area contributed by atoms with Gasteiger partial charge in [-0.25, -0.2) is 14.5 Å². The first kappa shape index (κ1) is 15.7. The Balaban J connectivity index is 3.14. The number of amides is 4. The van der Waals surface area contributed by atoms with Crippen LogP contribution in [-0.2, 0) is 4.79 Å². The van der Waals surface area contributed by atoms with Crippen LogP contribution in [-0.4, -0.2) is 42.9 Å². The quantitative estimate of drug-likeness (QED) is 0.854. The van der Waals surface area contributed by atoms with Crippen molar-refractivity contribution in [1.82, 2.24) is 10.2 Å². The van der Waals surface area contributed by atoms with Gasteiger partial charge in [0, 0.05) is 13.1 Å². The fourth-order valence-electron chi connectivity index (χ4n) is 1.72. The molecule has 1 aromatic rings. The molecule has 108 valence electrons. The minimum absolute atomic E-state index is 0.0587. The Bertz CT molecular complexity index is 474. The summed E-state index contributed by atoms with van der Waals surface area (Å²) >= 11 is 0. The molecule has 6 heteroatoms. The number of nitrogens with zero attached hydrogens (tertiary/aromatic N) is 2. The zero-order chi connectivity index (χ0) is 15.1. The van der Waals surface area contributed by atoms with Gasteiger partial charge in [0.2, 0.25) is 0 Å². The molecule has 0 saturated heterocycles. The summed E-state index contributed by atoms with van der Waals surface area (Å²) in [5.41, 5.74) is 0.452. The lowest BCUT2D eigenvalue weighted by Gasteiger charge is -2.30. The average Bonchev–Trinajstić information content (AvgIpc) is 2.45. The van der Waals surface area contributed by atoms with Gasteiger partial charge in [0.25, 0.3) is 0 Å². The monoisotopic (exact) mass is 277 g/mol. The number of hydrogen-bond acceptors (Lipinski definition) is 3. The summed E-state index contributed by atoms with van der Waals surface area (Å²) in [7, 11) is 1.45. The predicted molar refractivity (Wildman–Crippen MR) is 76.7 cm³/mol. The van der Waals surface area contributed by atoms with Crippen LogP contribution in [0.15, 0.2) is 30.3 Å². The van der Waals surface area contributed by atoms with Crippen LogP contribution in [0.1, 0.15) is 13.8 Å². The topological polar surface area (TPSA) is 69.7 Å². The molecule has 0 radical (unpaired) electrons. The molecule has 0 spiro atoms. The molecule has 4 amide bonds. The Hall–Kier alpha value is -2.37. The fraction of sp³-hybridized carbons (Fsp3) is 0.357. The Morgan fingerprint density at radius 1 is 1.25 bits per heavy atom. The lowest BCUT2D eigenvalue weighted by Crippen LogP contribution is -2.52. The van der Waals surface area contributed by atoms with Gasteiger partial charge in [-0.3, -0.25) is 0 Å². The normalized spacial score (nSPS) is 10.0. The number of rotatable bonds is 4. The van der Waals surface area contributed by atoms with Crippen molar-refractivity contribution in [1.29, 1.82) is 0 Å². The third-order valence-electron chi connectivity index (χ3n) is 2.76. The van der Waals surface area contributed by atoms with Crippen molar-refractivity contribution in [2.24, 2.45) is 0 Å². The second kappa shape index (κ2) is 7.28. The second-order valence-corrected chi connectivity index (χ2v) is 4.42. The molecule has 20 heavy (non-hydrogen) atoms. The summed E-state index contributed by atoms with van der Waals surface area (Å²) in [6, 6.07) is 7.32. The maximum Gasteiger partial charge on any atom is 0.333 e. The summed E-state index contributed by atoms with van der Waals surface area (Å²) in [5.74, 6) is 0. The molecule has 1 rings (SSSR count). The van der Waals surface area contributed by atoms with E-state index in [1.54, 1.807) is 44.2 Å². The standard InChI is InChI=1S/C14H19N3O3/c1-11(2)16(9-10-18)14(20)17(13(19)15-3)12-7-5-4-6-8-12/h4-8,10-11H,9H2,1-3H3,(H,15,19). The number of anilines is 1. The highest BCUT2D eigenvalue weighted by atomic mass is 16.2. The smallest absolute Gasteiger partial charge is 0.333 e. The highest BCUT2D eigenvalue weighted by molar-refractivity contribution is 6.13. The molecule has 0 fully saturated rings. The van der Waals surface area contributed by atoms with E-state index in [-0.39, 0.29) is 12.6 Å². The Morgan fingerprint density at radius 2 is 1.85 bits per heavy atom. The Labute approximate surface area is 118 Å². The minimum atomic E-state index is -0.544. The summed E-state index contributed by atoms with van der Waals surface area (Å²) in [4.78, 5) is 37.5. The largest absolute Gasteiger partial charge is 0.340 e. The molecule has 0 unspecified atom stereocenters. The van der Waals surface area contributed by atoms with Gasteiger partial charge >= 0.3 is 12.1 Å². The van der Waals surface area contributed by atoms with Crippen molar-refractivity contribution in [3.8, 4) is 0 Å². The van der Waals surface area contributed by atoms with Crippen LogP contribution in [0.25, 0.3) is 0 Å². The molecule has 1 N–H and O–H groups in total. The number of aldehydes is 1. The van der Waals surface area contributed by atoms with E-state index >= 15 is 0 Å². The highest BCUT2D eigenvalue weighted by Gasteiger charge is 2.28. The number of imide groups is 1. The van der Waals surface area contributed by atoms with Crippen molar-refractivity contribution < 1.29 is 14.4 Å². The van der Waals surface area contributed by atoms with Crippen molar-refractivity contribution >= 4 is 24.0 Å². The number of benzene rings is 1. The lowest BCUT2D eigenvalue weighted by molar-refractivity contribution is -0.108. The van der Waals surface area contributed by atoms with E-state index in [2.05, 4.69) is 5.32 Å². The lowest BCUT2D eigenvalue weighted by atomic mass is 10.3. The maximum atomic E-state index is 12.5. The molecule has 0 aliphatic carbocycles. The first-order valence-electron chi connectivity index (χ1n) is 6.34. The van der Waals surface area contributed by atoms with Gasteiger partial charge in [-0.2, -0.15) is 0 Å².